The van der Waals surface area contributed by atoms with Crippen molar-refractivity contribution in [1.29, 1.82) is 0 Å². The van der Waals surface area contributed by atoms with Crippen molar-refractivity contribution < 1.29 is 47.5 Å². The fourth-order valence-electron chi connectivity index (χ4n) is 5.00. The van der Waals surface area contributed by atoms with Crippen molar-refractivity contribution in [3.63, 3.8) is 0 Å². The van der Waals surface area contributed by atoms with E-state index in [0.29, 0.717) is 12.8 Å². The minimum absolute atomic E-state index is 0.154. The highest BCUT2D eigenvalue weighted by Crippen LogP contribution is 2.43. The van der Waals surface area contributed by atoms with Gasteiger partial charge in [-0.1, -0.05) is 129 Å². The first kappa shape index (κ1) is 46.2. The predicted molar refractivity (Wildman–Crippen MR) is 189 cm³/mol. The SMILES string of the molecule is CCCCCCC/C=C\CCCCCCCC(=O)O[C@H](COC(=O)CCCCCCCCCCCC)COP(=O)(O)OC[C@H](N)C(=O)O. The first-order valence-corrected chi connectivity index (χ1v) is 20.2. The molecule has 282 valence electrons. The highest BCUT2D eigenvalue weighted by molar-refractivity contribution is 7.47. The van der Waals surface area contributed by atoms with E-state index in [1.165, 1.54) is 70.6 Å². The van der Waals surface area contributed by atoms with Crippen LogP contribution in [0.1, 0.15) is 168 Å². The Kier molecular flexibility index (Phi) is 31.2. The molecule has 0 saturated heterocycles. The molecular weight excluding hydrogens is 637 g/mol. The summed E-state index contributed by atoms with van der Waals surface area (Å²) in [6.45, 7) is 2.75. The Labute approximate surface area is 290 Å². The van der Waals surface area contributed by atoms with Gasteiger partial charge in [-0.2, -0.15) is 0 Å². The minimum Gasteiger partial charge on any atom is -0.480 e. The molecular formula is C36H68NO10P. The van der Waals surface area contributed by atoms with Crippen molar-refractivity contribution >= 4 is 25.7 Å². The van der Waals surface area contributed by atoms with E-state index < -0.39 is 51.1 Å². The Balaban J connectivity index is 4.46. The van der Waals surface area contributed by atoms with Crippen LogP contribution in [0.4, 0.5) is 0 Å². The van der Waals surface area contributed by atoms with Gasteiger partial charge in [0.2, 0.25) is 0 Å². The van der Waals surface area contributed by atoms with Crippen LogP contribution in [0.3, 0.4) is 0 Å². The van der Waals surface area contributed by atoms with E-state index in [0.717, 1.165) is 57.8 Å². The molecule has 0 amide bonds. The monoisotopic (exact) mass is 705 g/mol. The molecule has 11 nitrogen and oxygen atoms in total. The second-order valence-corrected chi connectivity index (χ2v) is 14.2. The molecule has 0 aliphatic rings. The summed E-state index contributed by atoms with van der Waals surface area (Å²) in [5.41, 5.74) is 5.31. The Morgan fingerprint density at radius 2 is 1.04 bits per heavy atom. The third-order valence-electron chi connectivity index (χ3n) is 8.01. The molecule has 0 radical (unpaired) electrons. The quantitative estimate of drug-likeness (QED) is 0.0249. The van der Waals surface area contributed by atoms with Gasteiger partial charge in [0.1, 0.15) is 12.6 Å². The lowest BCUT2D eigenvalue weighted by Crippen LogP contribution is -2.34. The number of carboxylic acids is 1. The summed E-state index contributed by atoms with van der Waals surface area (Å²) in [7, 11) is -4.70. The van der Waals surface area contributed by atoms with Crippen molar-refractivity contribution in [2.24, 2.45) is 5.73 Å². The van der Waals surface area contributed by atoms with Crippen molar-refractivity contribution in [2.45, 2.75) is 180 Å². The number of esters is 2. The third-order valence-corrected chi connectivity index (χ3v) is 8.96. The summed E-state index contributed by atoms with van der Waals surface area (Å²) in [6.07, 6.45) is 28.6. The molecule has 0 aromatic heterocycles. The van der Waals surface area contributed by atoms with Gasteiger partial charge >= 0.3 is 25.7 Å². The van der Waals surface area contributed by atoms with Crippen LogP contribution in [0, 0.1) is 0 Å². The maximum atomic E-state index is 12.5. The number of hydrogen-bond donors (Lipinski definition) is 3. The van der Waals surface area contributed by atoms with Gasteiger partial charge in [0.25, 0.3) is 0 Å². The Hall–Kier alpha value is -1.78. The number of rotatable bonds is 35. The molecule has 3 atom stereocenters. The summed E-state index contributed by atoms with van der Waals surface area (Å²) in [6, 6.07) is -1.52. The van der Waals surface area contributed by atoms with Gasteiger partial charge in [-0.15, -0.1) is 0 Å². The molecule has 0 fully saturated rings. The standard InChI is InChI=1S/C36H68NO10P/c1-3-5-7-9-11-13-15-16-17-18-20-22-24-26-28-35(39)47-32(30-45-48(42,43)46-31-33(37)36(40)41)29-44-34(38)27-25-23-21-19-14-12-10-8-6-4-2/h15-16,32-33H,3-14,17-31,37H2,1-2H3,(H,40,41)(H,42,43)/b16-15-/t32-,33+/m1/s1. The molecule has 0 bridgehead atoms. The molecule has 12 heteroatoms. The minimum atomic E-state index is -4.70. The van der Waals surface area contributed by atoms with Crippen LogP contribution in [-0.2, 0) is 37.5 Å². The molecule has 0 heterocycles. The highest BCUT2D eigenvalue weighted by atomic mass is 31.2. The van der Waals surface area contributed by atoms with Gasteiger partial charge in [-0.3, -0.25) is 23.4 Å². The van der Waals surface area contributed by atoms with Gasteiger partial charge < -0.3 is 25.2 Å². The maximum absolute atomic E-state index is 12.5. The largest absolute Gasteiger partial charge is 0.480 e. The second-order valence-electron chi connectivity index (χ2n) is 12.7. The molecule has 0 rings (SSSR count). The van der Waals surface area contributed by atoms with Crippen molar-refractivity contribution in [3.05, 3.63) is 12.2 Å². The Morgan fingerprint density at radius 1 is 0.625 bits per heavy atom. The van der Waals surface area contributed by atoms with E-state index in [4.69, 9.17) is 24.8 Å². The van der Waals surface area contributed by atoms with E-state index in [1.807, 2.05) is 0 Å². The topological polar surface area (TPSA) is 172 Å². The lowest BCUT2D eigenvalue weighted by atomic mass is 10.1. The number of carbonyl (C=O) groups is 3. The number of unbranched alkanes of at least 4 members (excludes halogenated alkanes) is 19. The summed E-state index contributed by atoms with van der Waals surface area (Å²) in [5, 5.41) is 8.84. The zero-order valence-corrected chi connectivity index (χ0v) is 31.0. The molecule has 0 saturated carbocycles. The fourth-order valence-corrected chi connectivity index (χ4v) is 5.78. The third kappa shape index (κ3) is 31.5. The molecule has 1 unspecified atom stereocenters. The van der Waals surface area contributed by atoms with Gasteiger partial charge in [0, 0.05) is 12.8 Å². The lowest BCUT2D eigenvalue weighted by molar-refractivity contribution is -0.161. The summed E-state index contributed by atoms with van der Waals surface area (Å²) < 4.78 is 32.5. The number of phosphoric ester groups is 1. The predicted octanol–water partition coefficient (Wildman–Crippen LogP) is 8.95. The van der Waals surface area contributed by atoms with Gasteiger partial charge in [0.05, 0.1) is 13.2 Å². The van der Waals surface area contributed by atoms with Gasteiger partial charge in [-0.05, 0) is 38.5 Å². The van der Waals surface area contributed by atoms with Crippen LogP contribution >= 0.6 is 7.82 Å². The van der Waals surface area contributed by atoms with Gasteiger partial charge in [0.15, 0.2) is 6.10 Å². The van der Waals surface area contributed by atoms with Crippen molar-refractivity contribution in [3.8, 4) is 0 Å². The number of phosphoric acid groups is 1. The van der Waals surface area contributed by atoms with E-state index >= 15 is 0 Å². The van der Waals surface area contributed by atoms with Crippen LogP contribution in [0.2, 0.25) is 0 Å². The first-order chi connectivity index (χ1) is 23.1. The van der Waals surface area contributed by atoms with Crippen LogP contribution in [-0.4, -0.2) is 59.9 Å². The van der Waals surface area contributed by atoms with E-state index in [2.05, 4.69) is 30.5 Å². The maximum Gasteiger partial charge on any atom is 0.472 e. The number of aliphatic carboxylic acids is 1. The number of ether oxygens (including phenoxy) is 2. The Bertz CT molecular complexity index is 885. The molecule has 4 N–H and O–H groups in total. The molecule has 48 heavy (non-hydrogen) atoms. The zero-order chi connectivity index (χ0) is 35.7. The number of allylic oxidation sites excluding steroid dienone is 2. The summed E-state index contributed by atoms with van der Waals surface area (Å²) in [5.74, 6) is -2.39. The fraction of sp³-hybridized carbons (Fsp3) is 0.861. The lowest BCUT2D eigenvalue weighted by Gasteiger charge is -2.20. The van der Waals surface area contributed by atoms with Crippen LogP contribution < -0.4 is 5.73 Å². The van der Waals surface area contributed by atoms with Crippen molar-refractivity contribution in [2.75, 3.05) is 19.8 Å². The molecule has 0 spiro atoms. The molecule has 0 aromatic carbocycles. The van der Waals surface area contributed by atoms with E-state index in [1.54, 1.807) is 0 Å². The molecule has 0 aliphatic carbocycles. The number of carboxylic acid groups (broad SMARTS) is 1. The Morgan fingerprint density at radius 3 is 1.52 bits per heavy atom. The average molecular weight is 706 g/mol. The highest BCUT2D eigenvalue weighted by Gasteiger charge is 2.28. The molecule has 0 aromatic rings. The van der Waals surface area contributed by atoms with Gasteiger partial charge in [-0.25, -0.2) is 4.57 Å². The molecule has 0 aliphatic heterocycles. The zero-order valence-electron chi connectivity index (χ0n) is 30.1. The number of nitrogens with two attached hydrogens (primary N) is 1. The summed E-state index contributed by atoms with van der Waals surface area (Å²) in [4.78, 5) is 45.6. The van der Waals surface area contributed by atoms with Crippen LogP contribution in [0.5, 0.6) is 0 Å². The number of carbonyl (C=O) groups excluding carboxylic acids is 2. The second kappa shape index (κ2) is 32.4. The van der Waals surface area contributed by atoms with E-state index in [-0.39, 0.29) is 19.4 Å². The smallest absolute Gasteiger partial charge is 0.472 e. The normalized spacial score (nSPS) is 14.1. The average Bonchev–Trinajstić information content (AvgIpc) is 3.05. The number of hydrogen-bond acceptors (Lipinski definition) is 9. The van der Waals surface area contributed by atoms with E-state index in [9.17, 15) is 23.8 Å². The first-order valence-electron chi connectivity index (χ1n) is 18.7. The van der Waals surface area contributed by atoms with Crippen LogP contribution in [0.15, 0.2) is 12.2 Å². The summed E-state index contributed by atoms with van der Waals surface area (Å²) >= 11 is 0. The van der Waals surface area contributed by atoms with Crippen molar-refractivity contribution in [1.82, 2.24) is 0 Å². The van der Waals surface area contributed by atoms with Crippen LogP contribution in [0.25, 0.3) is 0 Å².